The van der Waals surface area contributed by atoms with Crippen molar-refractivity contribution in [1.29, 1.82) is 0 Å². The lowest BCUT2D eigenvalue weighted by Crippen LogP contribution is -2.00. The van der Waals surface area contributed by atoms with Crippen LogP contribution >= 0.6 is 22.6 Å². The van der Waals surface area contributed by atoms with Crippen molar-refractivity contribution in [3.05, 3.63) is 27.8 Å². The van der Waals surface area contributed by atoms with Crippen LogP contribution in [0.5, 0.6) is 5.75 Å². The summed E-state index contributed by atoms with van der Waals surface area (Å²) in [5, 5.41) is 0. The Kier molecular flexibility index (Phi) is 6.76. The molecule has 0 fully saturated rings. The van der Waals surface area contributed by atoms with Crippen molar-refractivity contribution in [2.24, 2.45) is 5.73 Å². The standard InChI is InChI=1S/C12H18INO/c13-11-6-5-7-12(10-11)15-9-4-2-1-3-8-14/h5-7,10H,1-4,8-9,14H2. The first-order chi connectivity index (χ1) is 7.33. The predicted octanol–water partition coefficient (Wildman–Crippen LogP) is 3.19. The van der Waals surface area contributed by atoms with E-state index >= 15 is 0 Å². The van der Waals surface area contributed by atoms with E-state index in [2.05, 4.69) is 34.7 Å². The Morgan fingerprint density at radius 3 is 2.67 bits per heavy atom. The fourth-order valence-electron chi connectivity index (χ4n) is 1.35. The monoisotopic (exact) mass is 319 g/mol. The fraction of sp³-hybridized carbons (Fsp3) is 0.500. The van der Waals surface area contributed by atoms with Gasteiger partial charge in [-0.25, -0.2) is 0 Å². The van der Waals surface area contributed by atoms with Crippen LogP contribution in [0, 0.1) is 3.57 Å². The van der Waals surface area contributed by atoms with Crippen molar-refractivity contribution < 1.29 is 4.74 Å². The highest BCUT2D eigenvalue weighted by Gasteiger charge is 1.94. The molecule has 1 aromatic carbocycles. The van der Waals surface area contributed by atoms with E-state index in [1.165, 1.54) is 16.4 Å². The van der Waals surface area contributed by atoms with E-state index in [4.69, 9.17) is 10.5 Å². The van der Waals surface area contributed by atoms with Crippen LogP contribution in [0.15, 0.2) is 24.3 Å². The van der Waals surface area contributed by atoms with Gasteiger partial charge in [0, 0.05) is 3.57 Å². The highest BCUT2D eigenvalue weighted by Crippen LogP contribution is 2.15. The summed E-state index contributed by atoms with van der Waals surface area (Å²) in [5.74, 6) is 0.973. The summed E-state index contributed by atoms with van der Waals surface area (Å²) in [7, 11) is 0. The average Bonchev–Trinajstić information content (AvgIpc) is 2.23. The van der Waals surface area contributed by atoms with Crippen LogP contribution in [0.3, 0.4) is 0 Å². The molecule has 0 radical (unpaired) electrons. The third-order valence-corrected chi connectivity index (χ3v) is 2.83. The lowest BCUT2D eigenvalue weighted by molar-refractivity contribution is 0.304. The zero-order valence-corrected chi connectivity index (χ0v) is 11.1. The molecule has 1 rings (SSSR count). The molecule has 0 aromatic heterocycles. The molecule has 0 unspecified atom stereocenters. The summed E-state index contributed by atoms with van der Waals surface area (Å²) in [6.45, 7) is 1.61. The highest BCUT2D eigenvalue weighted by atomic mass is 127. The first-order valence-corrected chi connectivity index (χ1v) is 6.49. The second-order valence-electron chi connectivity index (χ2n) is 3.51. The minimum Gasteiger partial charge on any atom is -0.494 e. The van der Waals surface area contributed by atoms with Gasteiger partial charge in [0.05, 0.1) is 6.61 Å². The third-order valence-electron chi connectivity index (χ3n) is 2.16. The first-order valence-electron chi connectivity index (χ1n) is 5.41. The number of hydrogen-bond acceptors (Lipinski definition) is 2. The van der Waals surface area contributed by atoms with E-state index in [1.54, 1.807) is 0 Å². The smallest absolute Gasteiger partial charge is 0.120 e. The minimum absolute atomic E-state index is 0.803. The van der Waals surface area contributed by atoms with Crippen molar-refractivity contribution in [3.63, 3.8) is 0 Å². The molecule has 84 valence electrons. The molecule has 0 amide bonds. The molecule has 0 aliphatic heterocycles. The van der Waals surface area contributed by atoms with Crippen LogP contribution in [-0.2, 0) is 0 Å². The van der Waals surface area contributed by atoms with Gasteiger partial charge < -0.3 is 10.5 Å². The lowest BCUT2D eigenvalue weighted by atomic mass is 10.2. The molecule has 0 aliphatic carbocycles. The van der Waals surface area contributed by atoms with Gasteiger partial charge in [0.25, 0.3) is 0 Å². The normalized spacial score (nSPS) is 10.3. The number of rotatable bonds is 7. The van der Waals surface area contributed by atoms with Gasteiger partial charge in [0.15, 0.2) is 0 Å². The van der Waals surface area contributed by atoms with E-state index < -0.39 is 0 Å². The van der Waals surface area contributed by atoms with Crippen molar-refractivity contribution in [1.82, 2.24) is 0 Å². The molecule has 0 bridgehead atoms. The highest BCUT2D eigenvalue weighted by molar-refractivity contribution is 14.1. The van der Waals surface area contributed by atoms with Gasteiger partial charge in [0.1, 0.15) is 5.75 Å². The van der Waals surface area contributed by atoms with Crippen molar-refractivity contribution >= 4 is 22.6 Å². The number of ether oxygens (including phenoxy) is 1. The summed E-state index contributed by atoms with van der Waals surface area (Å²) in [6.07, 6.45) is 4.67. The molecule has 3 heteroatoms. The van der Waals surface area contributed by atoms with Crippen LogP contribution in [0.25, 0.3) is 0 Å². The third kappa shape index (κ3) is 5.99. The Morgan fingerprint density at radius 2 is 1.93 bits per heavy atom. The van der Waals surface area contributed by atoms with Crippen LogP contribution in [0.4, 0.5) is 0 Å². The molecule has 0 saturated carbocycles. The number of unbranched alkanes of at least 4 members (excludes halogenated alkanes) is 3. The van der Waals surface area contributed by atoms with Gasteiger partial charge in [0.2, 0.25) is 0 Å². The predicted molar refractivity (Wildman–Crippen MR) is 72.2 cm³/mol. The SMILES string of the molecule is NCCCCCCOc1cccc(I)c1. The van der Waals surface area contributed by atoms with Crippen molar-refractivity contribution in [3.8, 4) is 5.75 Å². The molecule has 1 aromatic rings. The van der Waals surface area contributed by atoms with Crippen molar-refractivity contribution in [2.75, 3.05) is 13.2 Å². The maximum absolute atomic E-state index is 5.63. The summed E-state index contributed by atoms with van der Waals surface area (Å²) in [4.78, 5) is 0. The summed E-state index contributed by atoms with van der Waals surface area (Å²) < 4.78 is 6.85. The van der Waals surface area contributed by atoms with Gasteiger partial charge in [-0.15, -0.1) is 0 Å². The fourth-order valence-corrected chi connectivity index (χ4v) is 1.86. The topological polar surface area (TPSA) is 35.2 Å². The Labute approximate surface area is 105 Å². The van der Waals surface area contributed by atoms with Crippen LogP contribution in [0.2, 0.25) is 0 Å². The van der Waals surface area contributed by atoms with Crippen LogP contribution in [0.1, 0.15) is 25.7 Å². The number of nitrogens with two attached hydrogens (primary N) is 1. The van der Waals surface area contributed by atoms with Gasteiger partial charge in [-0.05, 0) is 60.2 Å². The van der Waals surface area contributed by atoms with Crippen molar-refractivity contribution in [2.45, 2.75) is 25.7 Å². The largest absolute Gasteiger partial charge is 0.494 e. The maximum atomic E-state index is 5.63. The Balaban J connectivity index is 2.10. The van der Waals surface area contributed by atoms with E-state index in [0.717, 1.165) is 31.7 Å². The summed E-state index contributed by atoms with van der Waals surface area (Å²) in [5.41, 5.74) is 5.42. The van der Waals surface area contributed by atoms with Crippen LogP contribution < -0.4 is 10.5 Å². The second kappa shape index (κ2) is 7.93. The summed E-state index contributed by atoms with van der Waals surface area (Å²) >= 11 is 2.29. The zero-order valence-electron chi connectivity index (χ0n) is 8.92. The van der Waals surface area contributed by atoms with E-state index in [1.807, 2.05) is 12.1 Å². The summed E-state index contributed by atoms with van der Waals surface area (Å²) in [6, 6.07) is 8.14. The second-order valence-corrected chi connectivity index (χ2v) is 4.75. The van der Waals surface area contributed by atoms with Gasteiger partial charge in [-0.3, -0.25) is 0 Å². The van der Waals surface area contributed by atoms with E-state index in [9.17, 15) is 0 Å². The Hall–Kier alpha value is -0.290. The van der Waals surface area contributed by atoms with E-state index in [0.29, 0.717) is 0 Å². The Morgan fingerprint density at radius 1 is 1.13 bits per heavy atom. The van der Waals surface area contributed by atoms with Gasteiger partial charge in [-0.1, -0.05) is 18.9 Å². The molecule has 15 heavy (non-hydrogen) atoms. The molecular formula is C12H18INO. The number of benzene rings is 1. The minimum atomic E-state index is 0.803. The lowest BCUT2D eigenvalue weighted by Gasteiger charge is -2.05. The van der Waals surface area contributed by atoms with Gasteiger partial charge in [-0.2, -0.15) is 0 Å². The average molecular weight is 319 g/mol. The molecule has 2 N–H and O–H groups in total. The molecule has 0 heterocycles. The Bertz CT molecular complexity index is 278. The molecule has 2 nitrogen and oxygen atoms in total. The van der Waals surface area contributed by atoms with Gasteiger partial charge >= 0.3 is 0 Å². The van der Waals surface area contributed by atoms with E-state index in [-0.39, 0.29) is 0 Å². The quantitative estimate of drug-likeness (QED) is 0.619. The molecule has 0 saturated heterocycles. The molecular weight excluding hydrogens is 301 g/mol. The molecule has 0 spiro atoms. The number of halogens is 1. The number of hydrogen-bond donors (Lipinski definition) is 1. The van der Waals surface area contributed by atoms with Crippen LogP contribution in [-0.4, -0.2) is 13.2 Å². The molecule has 0 atom stereocenters. The maximum Gasteiger partial charge on any atom is 0.120 e. The first kappa shape index (κ1) is 12.8. The molecule has 0 aliphatic rings. The zero-order chi connectivity index (χ0) is 10.9.